The fourth-order valence-electron chi connectivity index (χ4n) is 4.98. The van der Waals surface area contributed by atoms with Crippen molar-refractivity contribution >= 4 is 5.78 Å². The van der Waals surface area contributed by atoms with Gasteiger partial charge in [-0.15, -0.1) is 0 Å². The molecule has 1 saturated heterocycles. The second-order valence-electron chi connectivity index (χ2n) is 9.40. The van der Waals surface area contributed by atoms with Crippen molar-refractivity contribution in [1.82, 2.24) is 4.90 Å². The van der Waals surface area contributed by atoms with Gasteiger partial charge in [0.2, 0.25) is 0 Å². The van der Waals surface area contributed by atoms with Crippen LogP contribution in [0.4, 0.5) is 4.39 Å². The number of hydrogen-bond donors (Lipinski definition) is 0. The summed E-state index contributed by atoms with van der Waals surface area (Å²) in [5.41, 5.74) is 0.924. The van der Waals surface area contributed by atoms with E-state index in [1.54, 1.807) is 26.4 Å². The van der Waals surface area contributed by atoms with Gasteiger partial charge >= 0.3 is 0 Å². The number of halogens is 1. The van der Waals surface area contributed by atoms with Crippen molar-refractivity contribution < 1.29 is 18.7 Å². The molecule has 1 atom stereocenters. The molecular weight excluding hydrogens is 431 g/mol. The number of ether oxygens (including phenoxy) is 2. The van der Waals surface area contributed by atoms with Gasteiger partial charge in [0, 0.05) is 11.5 Å². The Bertz CT molecular complexity index is 1010. The van der Waals surface area contributed by atoms with E-state index >= 15 is 0 Å². The molecule has 3 rings (SSSR count). The predicted octanol–water partition coefficient (Wildman–Crippen LogP) is 5.64. The van der Waals surface area contributed by atoms with E-state index < -0.39 is 5.41 Å². The van der Waals surface area contributed by atoms with E-state index in [9.17, 15) is 14.4 Å². The fraction of sp³-hybridized carbons (Fsp3) is 0.500. The fourth-order valence-corrected chi connectivity index (χ4v) is 4.98. The summed E-state index contributed by atoms with van der Waals surface area (Å²) < 4.78 is 24.0. The van der Waals surface area contributed by atoms with Crippen LogP contribution >= 0.6 is 0 Å². The zero-order valence-corrected chi connectivity index (χ0v) is 20.6. The number of methoxy groups -OCH3 is 2. The van der Waals surface area contributed by atoms with Crippen LogP contribution in [0, 0.1) is 29.0 Å². The monoisotopic (exact) mass is 466 g/mol. The van der Waals surface area contributed by atoms with Crippen LogP contribution in [0.15, 0.2) is 42.5 Å². The highest BCUT2D eigenvalue weighted by Gasteiger charge is 2.36. The number of carbonyl (C=O) groups is 1. The van der Waals surface area contributed by atoms with Crippen molar-refractivity contribution in [2.24, 2.45) is 11.8 Å². The molecule has 0 radical (unpaired) electrons. The maximum atomic E-state index is 13.2. The summed E-state index contributed by atoms with van der Waals surface area (Å²) in [5.74, 6) is 1.19. The van der Waals surface area contributed by atoms with E-state index in [0.29, 0.717) is 17.1 Å². The molecule has 1 fully saturated rings. The average Bonchev–Trinajstić information content (AvgIpc) is 2.86. The van der Waals surface area contributed by atoms with Crippen molar-refractivity contribution in [3.05, 3.63) is 59.4 Å². The first-order valence-electron chi connectivity index (χ1n) is 12.0. The highest BCUT2D eigenvalue weighted by Crippen LogP contribution is 2.40. The van der Waals surface area contributed by atoms with E-state index in [1.807, 2.05) is 18.2 Å². The molecule has 0 saturated carbocycles. The number of likely N-dealkylation sites (tertiary alicyclic amines) is 1. The van der Waals surface area contributed by atoms with Crippen LogP contribution in [-0.2, 0) is 5.41 Å². The highest BCUT2D eigenvalue weighted by molar-refractivity contribution is 5.97. The van der Waals surface area contributed by atoms with E-state index in [-0.39, 0.29) is 23.4 Å². The number of rotatable bonds is 10. The van der Waals surface area contributed by atoms with Gasteiger partial charge in [0.1, 0.15) is 5.82 Å². The van der Waals surface area contributed by atoms with E-state index in [1.165, 1.54) is 12.1 Å². The van der Waals surface area contributed by atoms with Crippen molar-refractivity contribution in [2.75, 3.05) is 33.9 Å². The summed E-state index contributed by atoms with van der Waals surface area (Å²) in [6, 6.07) is 14.2. The normalized spacial score (nSPS) is 16.6. The molecule has 0 spiro atoms. The molecule has 0 aromatic heterocycles. The van der Waals surface area contributed by atoms with Crippen molar-refractivity contribution in [2.45, 2.75) is 44.9 Å². The number of piperidine rings is 1. The van der Waals surface area contributed by atoms with Crippen LogP contribution in [0.25, 0.3) is 0 Å². The van der Waals surface area contributed by atoms with E-state index in [0.717, 1.165) is 50.9 Å². The van der Waals surface area contributed by atoms with Gasteiger partial charge in [0.05, 0.1) is 25.7 Å². The third-order valence-electron chi connectivity index (χ3n) is 7.22. The predicted molar refractivity (Wildman–Crippen MR) is 131 cm³/mol. The summed E-state index contributed by atoms with van der Waals surface area (Å²) in [7, 11) is 3.21. The maximum absolute atomic E-state index is 13.2. The Kier molecular flexibility index (Phi) is 8.68. The molecule has 1 heterocycles. The van der Waals surface area contributed by atoms with Crippen LogP contribution in [-0.4, -0.2) is 44.5 Å². The smallest absolute Gasteiger partial charge is 0.166 e. The van der Waals surface area contributed by atoms with Gasteiger partial charge in [0.15, 0.2) is 17.3 Å². The van der Waals surface area contributed by atoms with Gasteiger partial charge in [0.25, 0.3) is 0 Å². The summed E-state index contributed by atoms with van der Waals surface area (Å²) >= 11 is 0. The molecule has 0 aliphatic carbocycles. The van der Waals surface area contributed by atoms with Crippen LogP contribution in [0.1, 0.15) is 55.5 Å². The number of ketones is 1. The van der Waals surface area contributed by atoms with Crippen molar-refractivity contribution in [3.63, 3.8) is 0 Å². The van der Waals surface area contributed by atoms with Crippen molar-refractivity contribution in [3.8, 4) is 17.6 Å². The van der Waals surface area contributed by atoms with Crippen molar-refractivity contribution in [1.29, 1.82) is 5.26 Å². The van der Waals surface area contributed by atoms with Crippen LogP contribution < -0.4 is 9.47 Å². The molecular formula is C28H35FN2O3. The topological polar surface area (TPSA) is 62.6 Å². The van der Waals surface area contributed by atoms with Gasteiger partial charge < -0.3 is 14.4 Å². The molecule has 1 aliphatic rings. The first kappa shape index (κ1) is 25.7. The van der Waals surface area contributed by atoms with Gasteiger partial charge in [-0.3, -0.25) is 4.79 Å². The Morgan fingerprint density at radius 2 is 1.76 bits per heavy atom. The van der Waals surface area contributed by atoms with Crippen LogP contribution in [0.5, 0.6) is 11.5 Å². The SMILES string of the molecule is COc1ccc(C(C#N)(CCCN2CCC(C(=O)c3ccc(F)cc3)CC2)C(C)C)cc1OC. The number of Topliss-reactive ketones (excluding diaryl/α,β-unsaturated/α-hetero) is 1. The molecule has 2 aromatic rings. The minimum Gasteiger partial charge on any atom is -0.493 e. The third kappa shape index (κ3) is 5.59. The molecule has 1 unspecified atom stereocenters. The molecule has 0 N–H and O–H groups in total. The Labute approximate surface area is 202 Å². The average molecular weight is 467 g/mol. The Morgan fingerprint density at radius 1 is 1.12 bits per heavy atom. The summed E-state index contributed by atoms with van der Waals surface area (Å²) in [5, 5.41) is 10.3. The quantitative estimate of drug-likeness (QED) is 0.424. The minimum absolute atomic E-state index is 0.0117. The molecule has 2 aromatic carbocycles. The standard InChI is InChI=1S/C28H35FN2O3/c1-20(2)28(19-30,23-8-11-25(33-3)26(18-23)34-4)14-5-15-31-16-12-22(13-17-31)27(32)21-6-9-24(29)10-7-21/h6-11,18,20,22H,5,12-17H2,1-4H3. The Morgan fingerprint density at radius 3 is 2.32 bits per heavy atom. The first-order chi connectivity index (χ1) is 16.3. The molecule has 1 aliphatic heterocycles. The van der Waals surface area contributed by atoms with Gasteiger partial charge in [-0.25, -0.2) is 4.39 Å². The molecule has 182 valence electrons. The van der Waals surface area contributed by atoms with Crippen LogP contribution in [0.3, 0.4) is 0 Å². The third-order valence-corrected chi connectivity index (χ3v) is 7.22. The summed E-state index contributed by atoms with van der Waals surface area (Å²) in [6.45, 7) is 6.78. The molecule has 6 heteroatoms. The molecule has 5 nitrogen and oxygen atoms in total. The zero-order valence-electron chi connectivity index (χ0n) is 20.6. The number of nitriles is 1. The number of hydrogen-bond acceptors (Lipinski definition) is 5. The number of benzene rings is 2. The maximum Gasteiger partial charge on any atom is 0.166 e. The molecule has 0 amide bonds. The molecule has 34 heavy (non-hydrogen) atoms. The van der Waals surface area contributed by atoms with Gasteiger partial charge in [-0.05, 0) is 93.2 Å². The largest absolute Gasteiger partial charge is 0.493 e. The summed E-state index contributed by atoms with van der Waals surface area (Å²) in [4.78, 5) is 15.1. The lowest BCUT2D eigenvalue weighted by molar-refractivity contribution is 0.0837. The van der Waals surface area contributed by atoms with E-state index in [2.05, 4.69) is 24.8 Å². The van der Waals surface area contributed by atoms with Gasteiger partial charge in [-0.2, -0.15) is 5.26 Å². The Balaban J connectivity index is 1.59. The molecule has 0 bridgehead atoms. The second-order valence-corrected chi connectivity index (χ2v) is 9.40. The lowest BCUT2D eigenvalue weighted by atomic mass is 9.69. The van der Waals surface area contributed by atoms with Crippen LogP contribution in [0.2, 0.25) is 0 Å². The van der Waals surface area contributed by atoms with E-state index in [4.69, 9.17) is 9.47 Å². The first-order valence-corrected chi connectivity index (χ1v) is 12.0. The minimum atomic E-state index is -0.615. The second kappa shape index (κ2) is 11.5. The number of nitrogens with zero attached hydrogens (tertiary/aromatic N) is 2. The lowest BCUT2D eigenvalue weighted by Gasteiger charge is -2.34. The number of carbonyl (C=O) groups excluding carboxylic acids is 1. The summed E-state index contributed by atoms with van der Waals surface area (Å²) in [6.07, 6.45) is 3.24. The highest BCUT2D eigenvalue weighted by atomic mass is 19.1. The lowest BCUT2D eigenvalue weighted by Crippen LogP contribution is -2.38. The Hall–Kier alpha value is -2.91. The van der Waals surface area contributed by atoms with Gasteiger partial charge in [-0.1, -0.05) is 19.9 Å². The zero-order chi connectivity index (χ0) is 24.7.